The molecule has 0 atom stereocenters. The van der Waals surface area contributed by atoms with Crippen LogP contribution in [0.1, 0.15) is 16.2 Å². The van der Waals surface area contributed by atoms with Crippen molar-refractivity contribution < 1.29 is 17.6 Å². The summed E-state index contributed by atoms with van der Waals surface area (Å²) in [6.45, 7) is 1.69. The van der Waals surface area contributed by atoms with Crippen LogP contribution in [0.5, 0.6) is 0 Å². The fourth-order valence-corrected chi connectivity index (χ4v) is 3.30. The number of halogens is 1. The van der Waals surface area contributed by atoms with E-state index in [0.29, 0.717) is 11.5 Å². The van der Waals surface area contributed by atoms with Gasteiger partial charge in [0.15, 0.2) is 5.82 Å². The molecular weight excluding hydrogens is 387 g/mol. The molecule has 0 aliphatic heterocycles. The van der Waals surface area contributed by atoms with E-state index < -0.39 is 21.7 Å². The van der Waals surface area contributed by atoms with E-state index in [1.54, 1.807) is 6.92 Å². The van der Waals surface area contributed by atoms with Crippen LogP contribution in [0.4, 0.5) is 10.1 Å². The number of hydrogen-bond acceptors (Lipinski definition) is 6. The van der Waals surface area contributed by atoms with Crippen LogP contribution >= 0.6 is 0 Å². The number of sulfonamides is 1. The second-order valence-electron chi connectivity index (χ2n) is 6.07. The SMILES string of the molecule is Cc1nnnn1-c1ccc(F)c(NC(=O)c2ccc(S(=O)(=O)N(C)C)cc2)c1. The number of aryl methyl sites for hydroxylation is 1. The number of anilines is 1. The van der Waals surface area contributed by atoms with Crippen molar-refractivity contribution in [2.75, 3.05) is 19.4 Å². The molecule has 28 heavy (non-hydrogen) atoms. The topological polar surface area (TPSA) is 110 Å². The molecule has 0 spiro atoms. The molecule has 0 bridgehead atoms. The van der Waals surface area contributed by atoms with Crippen molar-refractivity contribution in [3.63, 3.8) is 0 Å². The molecule has 0 fully saturated rings. The summed E-state index contributed by atoms with van der Waals surface area (Å²) in [5.74, 6) is -0.713. The fraction of sp³-hybridized carbons (Fsp3) is 0.176. The summed E-state index contributed by atoms with van der Waals surface area (Å²) in [4.78, 5) is 12.5. The van der Waals surface area contributed by atoms with E-state index in [4.69, 9.17) is 0 Å². The molecule has 0 unspecified atom stereocenters. The van der Waals surface area contributed by atoms with Crippen LogP contribution in [-0.2, 0) is 10.0 Å². The number of amides is 1. The molecule has 2 aromatic carbocycles. The van der Waals surface area contributed by atoms with E-state index in [9.17, 15) is 17.6 Å². The Labute approximate surface area is 160 Å². The van der Waals surface area contributed by atoms with E-state index in [-0.39, 0.29) is 16.1 Å². The fourth-order valence-electron chi connectivity index (χ4n) is 2.39. The van der Waals surface area contributed by atoms with E-state index in [1.165, 1.54) is 61.2 Å². The number of nitrogens with one attached hydrogen (secondary N) is 1. The average Bonchev–Trinajstić information content (AvgIpc) is 3.09. The van der Waals surface area contributed by atoms with Gasteiger partial charge < -0.3 is 5.32 Å². The number of carbonyl (C=O) groups excluding carboxylic acids is 1. The van der Waals surface area contributed by atoms with Crippen LogP contribution in [0.2, 0.25) is 0 Å². The summed E-state index contributed by atoms with van der Waals surface area (Å²) in [6.07, 6.45) is 0. The number of benzene rings is 2. The van der Waals surface area contributed by atoms with Crippen molar-refractivity contribution in [1.29, 1.82) is 0 Å². The smallest absolute Gasteiger partial charge is 0.255 e. The molecule has 1 heterocycles. The van der Waals surface area contributed by atoms with E-state index in [1.807, 2.05) is 0 Å². The van der Waals surface area contributed by atoms with Gasteiger partial charge in [-0.25, -0.2) is 17.1 Å². The maximum absolute atomic E-state index is 14.1. The lowest BCUT2D eigenvalue weighted by molar-refractivity contribution is 0.102. The van der Waals surface area contributed by atoms with Crippen molar-refractivity contribution in [2.24, 2.45) is 0 Å². The maximum Gasteiger partial charge on any atom is 0.255 e. The highest BCUT2D eigenvalue weighted by atomic mass is 32.2. The van der Waals surface area contributed by atoms with Gasteiger partial charge in [0, 0.05) is 19.7 Å². The first kappa shape index (κ1) is 19.6. The largest absolute Gasteiger partial charge is 0.319 e. The molecule has 0 aliphatic rings. The average molecular weight is 404 g/mol. The monoisotopic (exact) mass is 404 g/mol. The van der Waals surface area contributed by atoms with Crippen LogP contribution in [0.3, 0.4) is 0 Å². The van der Waals surface area contributed by atoms with Gasteiger partial charge in [0.25, 0.3) is 5.91 Å². The summed E-state index contributed by atoms with van der Waals surface area (Å²) >= 11 is 0. The third-order valence-corrected chi connectivity index (χ3v) is 5.79. The van der Waals surface area contributed by atoms with Crippen LogP contribution in [0.15, 0.2) is 47.4 Å². The lowest BCUT2D eigenvalue weighted by atomic mass is 10.2. The van der Waals surface area contributed by atoms with Crippen molar-refractivity contribution >= 4 is 21.6 Å². The molecule has 1 amide bonds. The van der Waals surface area contributed by atoms with Gasteiger partial charge in [0.2, 0.25) is 10.0 Å². The Balaban J connectivity index is 1.84. The van der Waals surface area contributed by atoms with Gasteiger partial charge in [0.05, 0.1) is 16.3 Å². The molecule has 0 aliphatic carbocycles. The van der Waals surface area contributed by atoms with Gasteiger partial charge in [-0.15, -0.1) is 5.10 Å². The molecule has 1 aromatic heterocycles. The summed E-state index contributed by atoms with van der Waals surface area (Å²) in [5.41, 5.74) is 0.607. The van der Waals surface area contributed by atoms with Crippen molar-refractivity contribution in [1.82, 2.24) is 24.5 Å². The zero-order valence-corrected chi connectivity index (χ0v) is 16.1. The minimum atomic E-state index is -3.60. The van der Waals surface area contributed by atoms with Crippen LogP contribution in [0, 0.1) is 12.7 Å². The third kappa shape index (κ3) is 3.75. The molecule has 9 nitrogen and oxygen atoms in total. The highest BCUT2D eigenvalue weighted by molar-refractivity contribution is 7.89. The first-order valence-electron chi connectivity index (χ1n) is 8.09. The molecule has 1 N–H and O–H groups in total. The van der Waals surface area contributed by atoms with Crippen molar-refractivity contribution in [3.05, 3.63) is 59.7 Å². The predicted molar refractivity (Wildman–Crippen MR) is 99.1 cm³/mol. The number of carbonyl (C=O) groups is 1. The minimum Gasteiger partial charge on any atom is -0.319 e. The van der Waals surface area contributed by atoms with Crippen LogP contribution < -0.4 is 5.32 Å². The summed E-state index contributed by atoms with van der Waals surface area (Å²) in [5, 5.41) is 13.6. The summed E-state index contributed by atoms with van der Waals surface area (Å²) < 4.78 is 40.8. The van der Waals surface area contributed by atoms with Crippen molar-refractivity contribution in [3.8, 4) is 5.69 Å². The Kier molecular flexibility index (Phi) is 5.21. The molecule has 11 heteroatoms. The van der Waals surface area contributed by atoms with Crippen LogP contribution in [0.25, 0.3) is 5.69 Å². The zero-order valence-electron chi connectivity index (χ0n) is 15.3. The molecule has 3 aromatic rings. The maximum atomic E-state index is 14.1. The summed E-state index contributed by atoms with van der Waals surface area (Å²) in [6, 6.07) is 9.44. The second kappa shape index (κ2) is 7.44. The lowest BCUT2D eigenvalue weighted by Crippen LogP contribution is -2.22. The highest BCUT2D eigenvalue weighted by Gasteiger charge is 2.18. The summed E-state index contributed by atoms with van der Waals surface area (Å²) in [7, 11) is -0.770. The van der Waals surface area contributed by atoms with Gasteiger partial charge in [-0.2, -0.15) is 4.68 Å². The number of nitrogens with zero attached hydrogens (tertiary/aromatic N) is 5. The number of tetrazole rings is 1. The third-order valence-electron chi connectivity index (χ3n) is 3.96. The Morgan fingerprint density at radius 2 is 1.82 bits per heavy atom. The van der Waals surface area contributed by atoms with E-state index >= 15 is 0 Å². The Hall–Kier alpha value is -3.18. The van der Waals surface area contributed by atoms with E-state index in [0.717, 1.165) is 4.31 Å². The lowest BCUT2D eigenvalue weighted by Gasteiger charge is -2.12. The Morgan fingerprint density at radius 3 is 2.39 bits per heavy atom. The first-order valence-corrected chi connectivity index (χ1v) is 9.53. The standard InChI is InChI=1S/C17H17FN6O3S/c1-11-20-21-22-24(11)13-6-9-15(18)16(10-13)19-17(25)12-4-7-14(8-5-12)28(26,27)23(2)3/h4-10H,1-3H3,(H,19,25). The second-order valence-corrected chi connectivity index (χ2v) is 8.22. The molecule has 0 saturated heterocycles. The van der Waals surface area contributed by atoms with Gasteiger partial charge in [0.1, 0.15) is 5.82 Å². The van der Waals surface area contributed by atoms with Gasteiger partial charge in [-0.3, -0.25) is 4.79 Å². The van der Waals surface area contributed by atoms with Gasteiger partial charge >= 0.3 is 0 Å². The molecule has 0 saturated carbocycles. The number of rotatable bonds is 5. The minimum absolute atomic E-state index is 0.0522. The highest BCUT2D eigenvalue weighted by Crippen LogP contribution is 2.20. The van der Waals surface area contributed by atoms with Crippen LogP contribution in [-0.4, -0.2) is 52.9 Å². The first-order chi connectivity index (χ1) is 13.2. The Morgan fingerprint density at radius 1 is 1.14 bits per heavy atom. The zero-order chi connectivity index (χ0) is 20.5. The molecule has 3 rings (SSSR count). The normalized spacial score (nSPS) is 11.6. The quantitative estimate of drug-likeness (QED) is 0.692. The van der Waals surface area contributed by atoms with Gasteiger partial charge in [-0.05, 0) is 59.8 Å². The predicted octanol–water partition coefficient (Wildman–Crippen LogP) is 1.61. The molecular formula is C17H17FN6O3S. The van der Waals surface area contributed by atoms with E-state index in [2.05, 4.69) is 20.8 Å². The molecule has 0 radical (unpaired) electrons. The number of aromatic nitrogens is 4. The Bertz CT molecular complexity index is 1130. The number of hydrogen-bond donors (Lipinski definition) is 1. The van der Waals surface area contributed by atoms with Gasteiger partial charge in [-0.1, -0.05) is 0 Å². The van der Waals surface area contributed by atoms with Crippen molar-refractivity contribution in [2.45, 2.75) is 11.8 Å². The molecule has 146 valence electrons.